The van der Waals surface area contributed by atoms with Crippen LogP contribution in [0.1, 0.15) is 48.0 Å². The molecule has 1 amide bonds. The van der Waals surface area contributed by atoms with Crippen molar-refractivity contribution in [2.45, 2.75) is 49.9 Å². The van der Waals surface area contributed by atoms with Gasteiger partial charge in [0.1, 0.15) is 5.75 Å². The number of nitrogens with zero attached hydrogens (tertiary/aromatic N) is 1. The maximum Gasteiger partial charge on any atom is 0.417 e. The largest absolute Gasteiger partial charge is 0.439 e. The van der Waals surface area contributed by atoms with Gasteiger partial charge in [-0.25, -0.2) is 4.98 Å². The average molecular weight is 432 g/mol. The second-order valence-corrected chi connectivity index (χ2v) is 9.17. The standard InChI is InChI=1S/C23H23F3N2O3/c24-23(25,26)17-4-5-19(27-12-17)31-18-3-1-2-15(9-18)21(29)28-20-16-7-13-6-14(8-16)11-22(20,30)10-13/h1-5,9,12-14,16,20,30H,6-8,10-11H2,(H,28,29)/t13?,14?,16?,20-,22?/m0/s1. The molecule has 2 unspecified atom stereocenters. The summed E-state index contributed by atoms with van der Waals surface area (Å²) in [5.41, 5.74) is -1.33. The summed E-state index contributed by atoms with van der Waals surface area (Å²) >= 11 is 0. The summed E-state index contributed by atoms with van der Waals surface area (Å²) < 4.78 is 43.6. The third kappa shape index (κ3) is 3.89. The van der Waals surface area contributed by atoms with E-state index in [1.165, 1.54) is 12.5 Å². The molecule has 1 aromatic carbocycles. The number of nitrogens with one attached hydrogen (secondary N) is 1. The number of aromatic nitrogens is 1. The molecule has 4 bridgehead atoms. The van der Waals surface area contributed by atoms with Crippen LogP contribution >= 0.6 is 0 Å². The maximum atomic E-state index is 12.9. The fourth-order valence-electron chi connectivity index (χ4n) is 5.90. The second-order valence-electron chi connectivity index (χ2n) is 9.17. The Morgan fingerprint density at radius 3 is 2.48 bits per heavy atom. The van der Waals surface area contributed by atoms with Crippen LogP contribution in [0, 0.1) is 17.8 Å². The Bertz CT molecular complexity index is 978. The molecule has 1 heterocycles. The van der Waals surface area contributed by atoms with Crippen LogP contribution in [0.25, 0.3) is 0 Å². The zero-order chi connectivity index (χ0) is 21.8. The van der Waals surface area contributed by atoms with Gasteiger partial charge in [-0.2, -0.15) is 13.2 Å². The highest BCUT2D eigenvalue weighted by molar-refractivity contribution is 5.94. The van der Waals surface area contributed by atoms with Gasteiger partial charge in [0.15, 0.2) is 0 Å². The average Bonchev–Trinajstić information content (AvgIpc) is 2.70. The van der Waals surface area contributed by atoms with E-state index in [0.29, 0.717) is 35.3 Å². The van der Waals surface area contributed by atoms with Gasteiger partial charge in [-0.1, -0.05) is 6.07 Å². The van der Waals surface area contributed by atoms with Gasteiger partial charge in [0.05, 0.1) is 17.2 Å². The summed E-state index contributed by atoms with van der Waals surface area (Å²) in [6.45, 7) is 0. The molecule has 1 aromatic heterocycles. The predicted octanol–water partition coefficient (Wildman–Crippen LogP) is 4.56. The highest BCUT2D eigenvalue weighted by Crippen LogP contribution is 2.55. The van der Waals surface area contributed by atoms with E-state index in [1.54, 1.807) is 18.2 Å². The van der Waals surface area contributed by atoms with Crippen molar-refractivity contribution in [3.05, 3.63) is 53.7 Å². The van der Waals surface area contributed by atoms with Gasteiger partial charge in [-0.15, -0.1) is 0 Å². The molecule has 8 heteroatoms. The second kappa shape index (κ2) is 7.22. The van der Waals surface area contributed by atoms with Crippen molar-refractivity contribution in [3.63, 3.8) is 0 Å². The van der Waals surface area contributed by atoms with E-state index in [1.807, 2.05) is 0 Å². The molecule has 4 fully saturated rings. The number of hydrogen-bond acceptors (Lipinski definition) is 4. The molecule has 2 aromatic rings. The number of benzene rings is 1. The van der Waals surface area contributed by atoms with E-state index in [2.05, 4.69) is 10.3 Å². The van der Waals surface area contributed by atoms with Crippen LogP contribution in [0.5, 0.6) is 11.6 Å². The van der Waals surface area contributed by atoms with Crippen LogP contribution in [0.2, 0.25) is 0 Å². The number of carbonyl (C=O) groups is 1. The lowest BCUT2D eigenvalue weighted by molar-refractivity contribution is -0.146. The first-order valence-corrected chi connectivity index (χ1v) is 10.5. The van der Waals surface area contributed by atoms with Crippen molar-refractivity contribution < 1.29 is 27.8 Å². The van der Waals surface area contributed by atoms with Crippen LogP contribution in [0.4, 0.5) is 13.2 Å². The van der Waals surface area contributed by atoms with Crippen LogP contribution in [-0.2, 0) is 6.18 Å². The molecule has 2 N–H and O–H groups in total. The van der Waals surface area contributed by atoms with Crippen molar-refractivity contribution in [1.82, 2.24) is 10.3 Å². The van der Waals surface area contributed by atoms with Crippen LogP contribution in [0.15, 0.2) is 42.6 Å². The highest BCUT2D eigenvalue weighted by atomic mass is 19.4. The Hall–Kier alpha value is -2.61. The smallest absolute Gasteiger partial charge is 0.417 e. The summed E-state index contributed by atoms with van der Waals surface area (Å²) in [6, 6.07) is 8.18. The van der Waals surface area contributed by atoms with Crippen molar-refractivity contribution in [3.8, 4) is 11.6 Å². The van der Waals surface area contributed by atoms with Gasteiger partial charge >= 0.3 is 6.18 Å². The minimum atomic E-state index is -4.47. The van der Waals surface area contributed by atoms with E-state index in [-0.39, 0.29) is 17.8 Å². The Morgan fingerprint density at radius 1 is 1.13 bits per heavy atom. The van der Waals surface area contributed by atoms with E-state index in [4.69, 9.17) is 4.74 Å². The summed E-state index contributed by atoms with van der Waals surface area (Å²) in [6.07, 6.45) is 1.02. The van der Waals surface area contributed by atoms with Crippen molar-refractivity contribution >= 4 is 5.91 Å². The molecule has 4 aliphatic carbocycles. The van der Waals surface area contributed by atoms with Gasteiger partial charge in [0, 0.05) is 17.8 Å². The lowest BCUT2D eigenvalue weighted by Crippen LogP contribution is -2.66. The first-order valence-electron chi connectivity index (χ1n) is 10.5. The number of alkyl halides is 3. The lowest BCUT2D eigenvalue weighted by atomic mass is 9.52. The van der Waals surface area contributed by atoms with E-state index in [9.17, 15) is 23.1 Å². The fourth-order valence-corrected chi connectivity index (χ4v) is 5.90. The molecule has 164 valence electrons. The lowest BCUT2D eigenvalue weighted by Gasteiger charge is -2.58. The molecule has 3 atom stereocenters. The van der Waals surface area contributed by atoms with Gasteiger partial charge in [-0.3, -0.25) is 4.79 Å². The number of pyridine rings is 1. The normalized spacial score (nSPS) is 31.5. The SMILES string of the molecule is O=C(N[C@H]1C2CC3CC(C2)CC1(O)C3)c1cccc(Oc2ccc(C(F)(F)F)cn2)c1. The third-order valence-electron chi connectivity index (χ3n) is 6.94. The molecule has 5 nitrogen and oxygen atoms in total. The fraction of sp³-hybridized carbons (Fsp3) is 0.478. The number of carbonyl (C=O) groups excluding carboxylic acids is 1. The quantitative estimate of drug-likeness (QED) is 0.743. The molecule has 0 radical (unpaired) electrons. The minimum absolute atomic E-state index is 0.000840. The molecule has 0 saturated heterocycles. The van der Waals surface area contributed by atoms with Gasteiger partial charge in [0.2, 0.25) is 5.88 Å². The van der Waals surface area contributed by atoms with E-state index in [0.717, 1.165) is 37.8 Å². The predicted molar refractivity (Wildman–Crippen MR) is 106 cm³/mol. The zero-order valence-corrected chi connectivity index (χ0v) is 16.7. The van der Waals surface area contributed by atoms with Crippen LogP contribution < -0.4 is 10.1 Å². The number of aliphatic hydroxyl groups is 1. The Morgan fingerprint density at radius 2 is 1.87 bits per heavy atom. The van der Waals surface area contributed by atoms with E-state index >= 15 is 0 Å². The topological polar surface area (TPSA) is 71.5 Å². The molecule has 0 spiro atoms. The molecule has 6 rings (SSSR count). The molecule has 4 saturated carbocycles. The first kappa shape index (κ1) is 20.3. The first-order chi connectivity index (χ1) is 14.7. The Labute approximate surface area is 177 Å². The molecule has 31 heavy (non-hydrogen) atoms. The van der Waals surface area contributed by atoms with Crippen molar-refractivity contribution in [1.29, 1.82) is 0 Å². The summed E-state index contributed by atoms with van der Waals surface area (Å²) in [4.78, 5) is 16.6. The number of rotatable bonds is 4. The number of halogens is 3. The van der Waals surface area contributed by atoms with E-state index < -0.39 is 17.3 Å². The van der Waals surface area contributed by atoms with Gasteiger partial charge in [-0.05, 0) is 74.1 Å². The number of hydrogen-bond donors (Lipinski definition) is 2. The van der Waals surface area contributed by atoms with Crippen molar-refractivity contribution in [2.24, 2.45) is 17.8 Å². The molecule has 4 aliphatic rings. The maximum absolute atomic E-state index is 12.9. The summed E-state index contributed by atoms with van der Waals surface area (Å²) in [5.74, 6) is 1.42. The minimum Gasteiger partial charge on any atom is -0.439 e. The monoisotopic (exact) mass is 432 g/mol. The number of amides is 1. The third-order valence-corrected chi connectivity index (χ3v) is 6.94. The van der Waals surface area contributed by atoms with Crippen LogP contribution in [0.3, 0.4) is 0 Å². The molecular formula is C23H23F3N2O3. The summed E-state index contributed by atoms with van der Waals surface area (Å²) in [7, 11) is 0. The van der Waals surface area contributed by atoms with Gasteiger partial charge < -0.3 is 15.2 Å². The van der Waals surface area contributed by atoms with Crippen LogP contribution in [-0.4, -0.2) is 27.6 Å². The number of ether oxygens (including phenoxy) is 1. The highest BCUT2D eigenvalue weighted by Gasteiger charge is 2.56. The van der Waals surface area contributed by atoms with Crippen molar-refractivity contribution in [2.75, 3.05) is 0 Å². The zero-order valence-electron chi connectivity index (χ0n) is 16.7. The Balaban J connectivity index is 1.28. The molecular weight excluding hydrogens is 409 g/mol. The Kier molecular flexibility index (Phi) is 4.73. The van der Waals surface area contributed by atoms with Gasteiger partial charge in [0.25, 0.3) is 5.91 Å². The molecule has 0 aliphatic heterocycles. The summed E-state index contributed by atoms with van der Waals surface area (Å²) in [5, 5.41) is 14.2.